The maximum Gasteiger partial charge on any atom is 0.323 e. The fraction of sp³-hybridized carbons (Fsp3) is 0.917. The molecule has 0 radical (unpaired) electrons. The maximum absolute atomic E-state index is 11.3. The summed E-state index contributed by atoms with van der Waals surface area (Å²) in [5.74, 6) is -0.147. The molecule has 1 aliphatic heterocycles. The lowest BCUT2D eigenvalue weighted by molar-refractivity contribution is -0.150. The van der Waals surface area contributed by atoms with Crippen LogP contribution in [0.2, 0.25) is 0 Å². The molecule has 1 N–H and O–H groups in total. The number of hydrogen-bond acceptors (Lipinski definition) is 2. The number of carboxylic acids is 1. The van der Waals surface area contributed by atoms with Gasteiger partial charge in [0.2, 0.25) is 0 Å². The van der Waals surface area contributed by atoms with Crippen molar-refractivity contribution in [2.24, 2.45) is 5.92 Å². The van der Waals surface area contributed by atoms with Crippen molar-refractivity contribution in [3.8, 4) is 0 Å². The van der Waals surface area contributed by atoms with E-state index in [2.05, 4.69) is 25.7 Å². The van der Waals surface area contributed by atoms with Crippen LogP contribution in [0.5, 0.6) is 0 Å². The molecule has 0 amide bonds. The van der Waals surface area contributed by atoms with Crippen molar-refractivity contribution in [3.05, 3.63) is 0 Å². The molecule has 0 aliphatic carbocycles. The van der Waals surface area contributed by atoms with Crippen molar-refractivity contribution in [2.75, 3.05) is 6.54 Å². The van der Waals surface area contributed by atoms with Crippen LogP contribution in [-0.2, 0) is 4.79 Å². The van der Waals surface area contributed by atoms with E-state index < -0.39 is 11.5 Å². The first-order chi connectivity index (χ1) is 6.93. The van der Waals surface area contributed by atoms with Gasteiger partial charge in [-0.05, 0) is 38.6 Å². The van der Waals surface area contributed by atoms with Crippen molar-refractivity contribution in [2.45, 2.75) is 58.5 Å². The van der Waals surface area contributed by atoms with Gasteiger partial charge in [0.15, 0.2) is 0 Å². The molecule has 1 fully saturated rings. The molecule has 0 saturated carbocycles. The lowest BCUT2D eigenvalue weighted by Crippen LogP contribution is -2.53. The zero-order chi connectivity index (χ0) is 11.6. The average Bonchev–Trinajstić information content (AvgIpc) is 2.50. The smallest absolute Gasteiger partial charge is 0.323 e. The van der Waals surface area contributed by atoms with E-state index in [1.54, 1.807) is 0 Å². The normalized spacial score (nSPS) is 29.7. The number of hydrogen-bond donors (Lipinski definition) is 1. The topological polar surface area (TPSA) is 40.5 Å². The van der Waals surface area contributed by atoms with Gasteiger partial charge in [-0.25, -0.2) is 0 Å². The molecule has 15 heavy (non-hydrogen) atoms. The SMILES string of the molecule is CCC(C(C)C)N1CCCC1(C)C(=O)O. The van der Waals surface area contributed by atoms with Gasteiger partial charge in [-0.15, -0.1) is 0 Å². The summed E-state index contributed by atoms with van der Waals surface area (Å²) < 4.78 is 0. The summed E-state index contributed by atoms with van der Waals surface area (Å²) in [5, 5.41) is 9.33. The predicted octanol–water partition coefficient (Wildman–Crippen LogP) is 2.36. The van der Waals surface area contributed by atoms with Crippen molar-refractivity contribution in [1.82, 2.24) is 4.90 Å². The molecule has 1 aliphatic rings. The molecule has 2 atom stereocenters. The van der Waals surface area contributed by atoms with Gasteiger partial charge < -0.3 is 5.11 Å². The van der Waals surface area contributed by atoms with Crippen LogP contribution in [0.25, 0.3) is 0 Å². The Morgan fingerprint density at radius 3 is 2.53 bits per heavy atom. The minimum absolute atomic E-state index is 0.397. The predicted molar refractivity (Wildman–Crippen MR) is 60.9 cm³/mol. The molecule has 0 bridgehead atoms. The molecule has 0 aromatic rings. The minimum Gasteiger partial charge on any atom is -0.480 e. The van der Waals surface area contributed by atoms with E-state index in [0.717, 1.165) is 25.8 Å². The summed E-state index contributed by atoms with van der Waals surface area (Å²) in [7, 11) is 0. The zero-order valence-electron chi connectivity index (χ0n) is 10.3. The number of rotatable bonds is 4. The van der Waals surface area contributed by atoms with E-state index in [4.69, 9.17) is 0 Å². The molecule has 3 heteroatoms. The molecule has 2 unspecified atom stereocenters. The van der Waals surface area contributed by atoms with Gasteiger partial charge in [-0.2, -0.15) is 0 Å². The Balaban J connectivity index is 2.88. The molecule has 1 heterocycles. The van der Waals surface area contributed by atoms with Gasteiger partial charge in [0.1, 0.15) is 5.54 Å². The second-order valence-electron chi connectivity index (χ2n) is 5.10. The lowest BCUT2D eigenvalue weighted by atomic mass is 9.93. The van der Waals surface area contributed by atoms with E-state index in [9.17, 15) is 9.90 Å². The number of aliphatic carboxylic acids is 1. The number of carbonyl (C=O) groups is 1. The summed E-state index contributed by atoms with van der Waals surface area (Å²) in [5.41, 5.74) is -0.634. The molecule has 1 saturated heterocycles. The van der Waals surface area contributed by atoms with Crippen LogP contribution in [0, 0.1) is 5.92 Å². The van der Waals surface area contributed by atoms with Crippen molar-refractivity contribution in [3.63, 3.8) is 0 Å². The summed E-state index contributed by atoms with van der Waals surface area (Å²) in [6.45, 7) is 9.29. The molecular formula is C12H23NO2. The van der Waals surface area contributed by atoms with Crippen LogP contribution < -0.4 is 0 Å². The van der Waals surface area contributed by atoms with E-state index in [-0.39, 0.29) is 0 Å². The number of likely N-dealkylation sites (tertiary alicyclic amines) is 1. The van der Waals surface area contributed by atoms with Crippen molar-refractivity contribution in [1.29, 1.82) is 0 Å². The third kappa shape index (κ3) is 2.17. The largest absolute Gasteiger partial charge is 0.480 e. The highest BCUT2D eigenvalue weighted by molar-refractivity contribution is 5.78. The van der Waals surface area contributed by atoms with Crippen LogP contribution in [-0.4, -0.2) is 34.1 Å². The Bertz CT molecular complexity index is 240. The van der Waals surface area contributed by atoms with E-state index in [1.165, 1.54) is 0 Å². The summed E-state index contributed by atoms with van der Waals surface area (Å²) in [6.07, 6.45) is 2.82. The monoisotopic (exact) mass is 213 g/mol. The van der Waals surface area contributed by atoms with E-state index >= 15 is 0 Å². The molecule has 1 rings (SSSR count). The highest BCUT2D eigenvalue weighted by Crippen LogP contribution is 2.34. The highest BCUT2D eigenvalue weighted by Gasteiger charge is 2.46. The summed E-state index contributed by atoms with van der Waals surface area (Å²) >= 11 is 0. The summed E-state index contributed by atoms with van der Waals surface area (Å²) in [6, 6.07) is 0.397. The van der Waals surface area contributed by atoms with Gasteiger partial charge in [0, 0.05) is 6.04 Å². The third-order valence-corrected chi connectivity index (χ3v) is 3.75. The number of nitrogens with zero attached hydrogens (tertiary/aromatic N) is 1. The van der Waals surface area contributed by atoms with Gasteiger partial charge in [-0.3, -0.25) is 9.69 Å². The van der Waals surface area contributed by atoms with Gasteiger partial charge in [-0.1, -0.05) is 20.8 Å². The molecule has 88 valence electrons. The lowest BCUT2D eigenvalue weighted by Gasteiger charge is -2.39. The van der Waals surface area contributed by atoms with E-state index in [0.29, 0.717) is 12.0 Å². The summed E-state index contributed by atoms with van der Waals surface area (Å²) in [4.78, 5) is 13.5. The second-order valence-corrected chi connectivity index (χ2v) is 5.10. The molecule has 0 spiro atoms. The standard InChI is InChI=1S/C12H23NO2/c1-5-10(9(2)3)13-8-6-7-12(13,4)11(14)15/h9-10H,5-8H2,1-4H3,(H,14,15). The fourth-order valence-electron chi connectivity index (χ4n) is 2.80. The van der Waals surface area contributed by atoms with Crippen molar-refractivity contribution < 1.29 is 9.90 Å². The Kier molecular flexibility index (Phi) is 3.77. The Morgan fingerprint density at radius 1 is 1.53 bits per heavy atom. The van der Waals surface area contributed by atoms with Crippen LogP contribution in [0.15, 0.2) is 0 Å². The fourth-order valence-corrected chi connectivity index (χ4v) is 2.80. The van der Waals surface area contributed by atoms with Gasteiger partial charge in [0.05, 0.1) is 0 Å². The number of carboxylic acid groups (broad SMARTS) is 1. The first-order valence-electron chi connectivity index (χ1n) is 5.93. The first-order valence-corrected chi connectivity index (χ1v) is 5.93. The quantitative estimate of drug-likeness (QED) is 0.779. The van der Waals surface area contributed by atoms with Crippen LogP contribution in [0.3, 0.4) is 0 Å². The minimum atomic E-state index is -0.667. The van der Waals surface area contributed by atoms with Gasteiger partial charge in [0.25, 0.3) is 0 Å². The van der Waals surface area contributed by atoms with Crippen LogP contribution in [0.1, 0.15) is 47.0 Å². The molecule has 0 aromatic heterocycles. The second kappa shape index (κ2) is 4.52. The van der Waals surface area contributed by atoms with Gasteiger partial charge >= 0.3 is 5.97 Å². The Morgan fingerprint density at radius 2 is 2.13 bits per heavy atom. The molecular weight excluding hydrogens is 190 g/mol. The Labute approximate surface area is 92.5 Å². The average molecular weight is 213 g/mol. The van der Waals surface area contributed by atoms with Crippen LogP contribution in [0.4, 0.5) is 0 Å². The molecule has 0 aromatic carbocycles. The maximum atomic E-state index is 11.3. The Hall–Kier alpha value is -0.570. The van der Waals surface area contributed by atoms with Crippen LogP contribution >= 0.6 is 0 Å². The first kappa shape index (κ1) is 12.5. The van der Waals surface area contributed by atoms with Crippen molar-refractivity contribution >= 4 is 5.97 Å². The third-order valence-electron chi connectivity index (χ3n) is 3.75. The van der Waals surface area contributed by atoms with E-state index in [1.807, 2.05) is 6.92 Å². The zero-order valence-corrected chi connectivity index (χ0v) is 10.3. The molecule has 3 nitrogen and oxygen atoms in total. The highest BCUT2D eigenvalue weighted by atomic mass is 16.4.